The SMILES string of the molecule is Cc1nnc(CCNC(=O)C(O)CC(C)C)s1. The molecule has 1 unspecified atom stereocenters. The van der Waals surface area contributed by atoms with E-state index in [1.165, 1.54) is 11.3 Å². The van der Waals surface area contributed by atoms with Gasteiger partial charge in [-0.25, -0.2) is 0 Å². The number of nitrogens with zero attached hydrogens (tertiary/aromatic N) is 2. The predicted molar refractivity (Wildman–Crippen MR) is 66.8 cm³/mol. The van der Waals surface area contributed by atoms with Gasteiger partial charge in [0, 0.05) is 13.0 Å². The van der Waals surface area contributed by atoms with Crippen LogP contribution in [-0.2, 0) is 11.2 Å². The van der Waals surface area contributed by atoms with E-state index < -0.39 is 6.10 Å². The van der Waals surface area contributed by atoms with Crippen LogP contribution in [0, 0.1) is 12.8 Å². The number of aliphatic hydroxyl groups is 1. The zero-order valence-electron chi connectivity index (χ0n) is 10.4. The quantitative estimate of drug-likeness (QED) is 0.794. The van der Waals surface area contributed by atoms with Crippen LogP contribution in [0.4, 0.5) is 0 Å². The number of aliphatic hydroxyl groups excluding tert-OH is 1. The molecule has 0 bridgehead atoms. The normalized spacial score (nSPS) is 12.8. The van der Waals surface area contributed by atoms with E-state index in [1.807, 2.05) is 20.8 Å². The minimum atomic E-state index is -0.911. The van der Waals surface area contributed by atoms with Crippen LogP contribution in [0.3, 0.4) is 0 Å². The van der Waals surface area contributed by atoms with Crippen molar-refractivity contribution < 1.29 is 9.90 Å². The van der Waals surface area contributed by atoms with E-state index in [4.69, 9.17) is 0 Å². The molecular weight excluding hydrogens is 238 g/mol. The van der Waals surface area contributed by atoms with E-state index in [0.29, 0.717) is 25.3 Å². The van der Waals surface area contributed by atoms with Gasteiger partial charge in [0.05, 0.1) is 0 Å². The van der Waals surface area contributed by atoms with Gasteiger partial charge in [-0.3, -0.25) is 4.79 Å². The molecule has 0 aliphatic heterocycles. The molecule has 0 saturated carbocycles. The van der Waals surface area contributed by atoms with Gasteiger partial charge in [-0.2, -0.15) is 0 Å². The van der Waals surface area contributed by atoms with Crippen LogP contribution in [0.2, 0.25) is 0 Å². The molecule has 1 atom stereocenters. The molecule has 0 fully saturated rings. The van der Waals surface area contributed by atoms with Crippen molar-refractivity contribution >= 4 is 17.2 Å². The van der Waals surface area contributed by atoms with Crippen molar-refractivity contribution in [2.45, 2.75) is 39.7 Å². The van der Waals surface area contributed by atoms with E-state index in [9.17, 15) is 9.90 Å². The van der Waals surface area contributed by atoms with Gasteiger partial charge in [0.1, 0.15) is 16.1 Å². The molecule has 0 saturated heterocycles. The van der Waals surface area contributed by atoms with Crippen LogP contribution in [0.5, 0.6) is 0 Å². The highest BCUT2D eigenvalue weighted by molar-refractivity contribution is 7.11. The molecule has 2 N–H and O–H groups in total. The smallest absolute Gasteiger partial charge is 0.248 e. The van der Waals surface area contributed by atoms with Crippen molar-refractivity contribution in [1.82, 2.24) is 15.5 Å². The predicted octanol–water partition coefficient (Wildman–Crippen LogP) is 0.912. The largest absolute Gasteiger partial charge is 0.383 e. The Balaban J connectivity index is 2.24. The summed E-state index contributed by atoms with van der Waals surface area (Å²) < 4.78 is 0. The van der Waals surface area contributed by atoms with E-state index in [1.54, 1.807) is 0 Å². The summed E-state index contributed by atoms with van der Waals surface area (Å²) in [5, 5.41) is 21.9. The maximum absolute atomic E-state index is 11.5. The number of carbonyl (C=O) groups excluding carboxylic acids is 1. The molecule has 1 aromatic rings. The number of hydrogen-bond donors (Lipinski definition) is 2. The molecule has 0 aliphatic carbocycles. The average molecular weight is 257 g/mol. The second-order valence-corrected chi connectivity index (χ2v) is 5.67. The maximum atomic E-state index is 11.5. The van der Waals surface area contributed by atoms with E-state index in [2.05, 4.69) is 15.5 Å². The zero-order valence-corrected chi connectivity index (χ0v) is 11.3. The highest BCUT2D eigenvalue weighted by Gasteiger charge is 2.15. The summed E-state index contributed by atoms with van der Waals surface area (Å²) >= 11 is 1.52. The van der Waals surface area contributed by atoms with Crippen molar-refractivity contribution in [2.75, 3.05) is 6.54 Å². The fourth-order valence-electron chi connectivity index (χ4n) is 1.40. The number of rotatable bonds is 6. The topological polar surface area (TPSA) is 75.1 Å². The van der Waals surface area contributed by atoms with E-state index >= 15 is 0 Å². The molecule has 0 aliphatic rings. The van der Waals surface area contributed by atoms with Crippen LogP contribution in [0.15, 0.2) is 0 Å². The molecule has 0 spiro atoms. The fourth-order valence-corrected chi connectivity index (χ4v) is 2.11. The third-order valence-corrected chi connectivity index (χ3v) is 3.10. The molecule has 0 aromatic carbocycles. The standard InChI is InChI=1S/C11H19N3O2S/c1-7(2)6-9(15)11(16)12-5-4-10-14-13-8(3)17-10/h7,9,15H,4-6H2,1-3H3,(H,12,16). The second-order valence-electron chi connectivity index (χ2n) is 4.40. The van der Waals surface area contributed by atoms with Crippen molar-refractivity contribution in [1.29, 1.82) is 0 Å². The first-order chi connectivity index (χ1) is 7.99. The number of carbonyl (C=O) groups is 1. The monoisotopic (exact) mass is 257 g/mol. The molecule has 96 valence electrons. The Morgan fingerprint density at radius 1 is 1.47 bits per heavy atom. The van der Waals surface area contributed by atoms with Crippen molar-refractivity contribution in [3.8, 4) is 0 Å². The van der Waals surface area contributed by atoms with Gasteiger partial charge < -0.3 is 10.4 Å². The zero-order chi connectivity index (χ0) is 12.8. The Hall–Kier alpha value is -1.01. The van der Waals surface area contributed by atoms with Crippen molar-refractivity contribution in [3.63, 3.8) is 0 Å². The van der Waals surface area contributed by atoms with Crippen LogP contribution < -0.4 is 5.32 Å². The molecule has 1 aromatic heterocycles. The summed E-state index contributed by atoms with van der Waals surface area (Å²) in [5.41, 5.74) is 0. The number of hydrogen-bond acceptors (Lipinski definition) is 5. The average Bonchev–Trinajstić information content (AvgIpc) is 2.63. The van der Waals surface area contributed by atoms with Gasteiger partial charge in [-0.1, -0.05) is 13.8 Å². The van der Waals surface area contributed by atoms with E-state index in [-0.39, 0.29) is 5.91 Å². The Labute approximate surface area is 105 Å². The van der Waals surface area contributed by atoms with Gasteiger partial charge in [0.2, 0.25) is 5.91 Å². The molecule has 1 heterocycles. The van der Waals surface area contributed by atoms with Gasteiger partial charge in [-0.15, -0.1) is 21.5 Å². The van der Waals surface area contributed by atoms with Gasteiger partial charge in [0.15, 0.2) is 0 Å². The number of amides is 1. The van der Waals surface area contributed by atoms with Crippen LogP contribution in [0.1, 0.15) is 30.3 Å². The molecule has 5 nitrogen and oxygen atoms in total. The van der Waals surface area contributed by atoms with Gasteiger partial charge in [-0.05, 0) is 19.3 Å². The molecule has 1 rings (SSSR count). The molecule has 1 amide bonds. The number of nitrogens with one attached hydrogen (secondary N) is 1. The van der Waals surface area contributed by atoms with Gasteiger partial charge in [0.25, 0.3) is 0 Å². The lowest BCUT2D eigenvalue weighted by Crippen LogP contribution is -2.36. The first-order valence-corrected chi connectivity index (χ1v) is 6.55. The Kier molecular flexibility index (Phi) is 5.50. The summed E-state index contributed by atoms with van der Waals surface area (Å²) in [6, 6.07) is 0. The van der Waals surface area contributed by atoms with Crippen LogP contribution in [-0.4, -0.2) is 33.9 Å². The summed E-state index contributed by atoms with van der Waals surface area (Å²) in [5.74, 6) is 0.00139. The second kappa shape index (κ2) is 6.66. The third-order valence-electron chi connectivity index (χ3n) is 2.20. The summed E-state index contributed by atoms with van der Waals surface area (Å²) in [6.45, 7) is 6.33. The first-order valence-electron chi connectivity index (χ1n) is 5.73. The molecule has 17 heavy (non-hydrogen) atoms. The lowest BCUT2D eigenvalue weighted by Gasteiger charge is -2.12. The molecule has 6 heteroatoms. The Morgan fingerprint density at radius 3 is 2.71 bits per heavy atom. The maximum Gasteiger partial charge on any atom is 0.248 e. The summed E-state index contributed by atoms with van der Waals surface area (Å²) in [6.07, 6.45) is 0.237. The summed E-state index contributed by atoms with van der Waals surface area (Å²) in [4.78, 5) is 11.5. The fraction of sp³-hybridized carbons (Fsp3) is 0.727. The highest BCUT2D eigenvalue weighted by Crippen LogP contribution is 2.08. The van der Waals surface area contributed by atoms with Gasteiger partial charge >= 0.3 is 0 Å². The van der Waals surface area contributed by atoms with Crippen molar-refractivity contribution in [3.05, 3.63) is 10.0 Å². The third kappa shape index (κ3) is 5.23. The van der Waals surface area contributed by atoms with Crippen LogP contribution >= 0.6 is 11.3 Å². The molecular formula is C11H19N3O2S. The minimum Gasteiger partial charge on any atom is -0.383 e. The minimum absolute atomic E-state index is 0.306. The lowest BCUT2D eigenvalue weighted by molar-refractivity contribution is -0.130. The Bertz CT molecular complexity index is 365. The number of aryl methyl sites for hydroxylation is 1. The molecule has 0 radical (unpaired) electrons. The lowest BCUT2D eigenvalue weighted by atomic mass is 10.1. The Morgan fingerprint density at radius 2 is 2.18 bits per heavy atom. The highest BCUT2D eigenvalue weighted by atomic mass is 32.1. The summed E-state index contributed by atoms with van der Waals surface area (Å²) in [7, 11) is 0. The number of aromatic nitrogens is 2. The van der Waals surface area contributed by atoms with E-state index in [0.717, 1.165) is 10.0 Å². The van der Waals surface area contributed by atoms with Crippen molar-refractivity contribution in [2.24, 2.45) is 5.92 Å². The first kappa shape index (κ1) is 14.1. The van der Waals surface area contributed by atoms with Crippen LogP contribution in [0.25, 0.3) is 0 Å².